The normalized spacial score (nSPS) is 12.7. The minimum Gasteiger partial charge on any atom is -0.480 e. The predicted octanol–water partition coefficient (Wildman–Crippen LogP) is 0.840. The number of hydrogen-bond acceptors (Lipinski definition) is 4. The van der Waals surface area contributed by atoms with Crippen LogP contribution in [0.1, 0.15) is 5.56 Å². The molecule has 7 nitrogen and oxygen atoms in total. The molecule has 2 aromatic rings. The van der Waals surface area contributed by atoms with Crippen molar-refractivity contribution in [2.75, 3.05) is 5.75 Å². The molecular weight excluding hydrogens is 322 g/mol. The Balaban J connectivity index is 2.15. The molecule has 2 aromatic carbocycles. The van der Waals surface area contributed by atoms with Gasteiger partial charge >= 0.3 is 5.97 Å². The first-order valence-corrected chi connectivity index (χ1v) is 8.31. The fraction of sp³-hybridized carbons (Fsp3) is 0.200. The number of benzene rings is 2. The summed E-state index contributed by atoms with van der Waals surface area (Å²) >= 11 is 0. The van der Waals surface area contributed by atoms with Crippen molar-refractivity contribution < 1.29 is 27.7 Å². The highest BCUT2D eigenvalue weighted by Crippen LogP contribution is 2.18. The van der Waals surface area contributed by atoms with Gasteiger partial charge in [0.05, 0.1) is 6.42 Å². The summed E-state index contributed by atoms with van der Waals surface area (Å²) in [6, 6.07) is 11.1. The van der Waals surface area contributed by atoms with Gasteiger partial charge in [-0.3, -0.25) is 9.35 Å². The summed E-state index contributed by atoms with van der Waals surface area (Å²) < 4.78 is 30.3. The molecule has 0 aliphatic rings. The van der Waals surface area contributed by atoms with E-state index in [0.717, 1.165) is 10.8 Å². The summed E-state index contributed by atoms with van der Waals surface area (Å²) in [6.07, 6.45) is -0.101. The summed E-state index contributed by atoms with van der Waals surface area (Å²) in [6.45, 7) is 0. The van der Waals surface area contributed by atoms with E-state index in [0.29, 0.717) is 5.56 Å². The molecule has 0 aromatic heterocycles. The van der Waals surface area contributed by atoms with E-state index < -0.39 is 33.8 Å². The number of carbonyl (C=O) groups is 2. The minimum atomic E-state index is -4.52. The molecule has 0 unspecified atom stereocenters. The summed E-state index contributed by atoms with van der Waals surface area (Å²) in [5.41, 5.74) is 0.691. The lowest BCUT2D eigenvalue weighted by Crippen LogP contribution is -2.45. The van der Waals surface area contributed by atoms with Crippen LogP contribution in [-0.2, 0) is 26.1 Å². The first-order chi connectivity index (χ1) is 10.8. The van der Waals surface area contributed by atoms with Gasteiger partial charge in [0.1, 0.15) is 11.8 Å². The predicted molar refractivity (Wildman–Crippen MR) is 83.6 cm³/mol. The molecule has 23 heavy (non-hydrogen) atoms. The van der Waals surface area contributed by atoms with Crippen molar-refractivity contribution in [1.82, 2.24) is 5.32 Å². The lowest BCUT2D eigenvalue weighted by molar-refractivity contribution is -0.141. The number of amides is 1. The van der Waals surface area contributed by atoms with Gasteiger partial charge in [0.25, 0.3) is 10.1 Å². The van der Waals surface area contributed by atoms with Crippen molar-refractivity contribution in [3.63, 3.8) is 0 Å². The topological polar surface area (TPSA) is 121 Å². The molecule has 0 aliphatic heterocycles. The third-order valence-electron chi connectivity index (χ3n) is 3.24. The molecule has 0 radical (unpaired) electrons. The molecule has 0 saturated carbocycles. The van der Waals surface area contributed by atoms with Gasteiger partial charge in [0, 0.05) is 0 Å². The molecule has 1 amide bonds. The zero-order chi connectivity index (χ0) is 17.0. The van der Waals surface area contributed by atoms with Gasteiger partial charge in [-0.05, 0) is 16.3 Å². The van der Waals surface area contributed by atoms with Crippen LogP contribution in [0.2, 0.25) is 0 Å². The van der Waals surface area contributed by atoms with Crippen molar-refractivity contribution in [2.24, 2.45) is 0 Å². The molecule has 8 heteroatoms. The van der Waals surface area contributed by atoms with Crippen LogP contribution < -0.4 is 5.32 Å². The van der Waals surface area contributed by atoms with E-state index in [1.807, 2.05) is 30.3 Å². The number of nitrogens with one attached hydrogen (secondary N) is 1. The number of carbonyl (C=O) groups excluding carboxylic acids is 1. The highest BCUT2D eigenvalue weighted by Gasteiger charge is 2.25. The molecule has 0 bridgehead atoms. The van der Waals surface area contributed by atoms with E-state index in [9.17, 15) is 18.0 Å². The van der Waals surface area contributed by atoms with E-state index in [1.165, 1.54) is 0 Å². The van der Waals surface area contributed by atoms with Crippen LogP contribution in [0.5, 0.6) is 0 Å². The molecule has 0 spiro atoms. The molecule has 0 saturated heterocycles. The molecule has 3 N–H and O–H groups in total. The van der Waals surface area contributed by atoms with Gasteiger partial charge in [-0.25, -0.2) is 4.79 Å². The first kappa shape index (κ1) is 16.9. The van der Waals surface area contributed by atoms with Crippen LogP contribution in [-0.4, -0.2) is 41.7 Å². The number of carboxylic acid groups (broad SMARTS) is 1. The largest absolute Gasteiger partial charge is 0.480 e. The Morgan fingerprint density at radius 2 is 1.74 bits per heavy atom. The Morgan fingerprint density at radius 3 is 2.39 bits per heavy atom. The van der Waals surface area contributed by atoms with E-state index in [4.69, 9.17) is 9.66 Å². The number of hydrogen-bond donors (Lipinski definition) is 3. The van der Waals surface area contributed by atoms with Crippen molar-refractivity contribution >= 4 is 32.8 Å². The average Bonchev–Trinajstić information content (AvgIpc) is 2.45. The summed E-state index contributed by atoms with van der Waals surface area (Å²) in [5, 5.41) is 12.8. The summed E-state index contributed by atoms with van der Waals surface area (Å²) in [7, 11) is -4.52. The maximum absolute atomic E-state index is 12.0. The SMILES string of the molecule is O=C(Cc1cccc2ccccc12)N[C@@H](CS(=O)(=O)O)C(=O)O. The number of aliphatic carboxylic acids is 1. The van der Waals surface area contributed by atoms with Crippen LogP contribution in [0.4, 0.5) is 0 Å². The molecule has 122 valence electrons. The second-order valence-electron chi connectivity index (χ2n) is 5.02. The third kappa shape index (κ3) is 4.76. The van der Waals surface area contributed by atoms with Gasteiger partial charge in [-0.2, -0.15) is 8.42 Å². The van der Waals surface area contributed by atoms with Gasteiger partial charge in [0.15, 0.2) is 0 Å². The van der Waals surface area contributed by atoms with Gasteiger partial charge in [0.2, 0.25) is 5.91 Å². The lowest BCUT2D eigenvalue weighted by Gasteiger charge is -2.13. The third-order valence-corrected chi connectivity index (χ3v) is 4.00. The molecular formula is C15H15NO6S. The number of carboxylic acids is 1. The van der Waals surface area contributed by atoms with Crippen molar-refractivity contribution in [3.8, 4) is 0 Å². The van der Waals surface area contributed by atoms with Crippen LogP contribution >= 0.6 is 0 Å². The lowest BCUT2D eigenvalue weighted by atomic mass is 10.0. The summed E-state index contributed by atoms with van der Waals surface area (Å²) in [4.78, 5) is 23.0. The second kappa shape index (κ2) is 6.76. The Labute approximate surface area is 132 Å². The Bertz CT molecular complexity index is 841. The van der Waals surface area contributed by atoms with E-state index in [1.54, 1.807) is 12.1 Å². The molecule has 0 aliphatic carbocycles. The zero-order valence-electron chi connectivity index (χ0n) is 12.0. The first-order valence-electron chi connectivity index (χ1n) is 6.70. The molecule has 2 rings (SSSR count). The highest BCUT2D eigenvalue weighted by atomic mass is 32.2. The number of fused-ring (bicyclic) bond motifs is 1. The fourth-order valence-corrected chi connectivity index (χ4v) is 2.90. The van der Waals surface area contributed by atoms with Crippen molar-refractivity contribution in [2.45, 2.75) is 12.5 Å². The standard InChI is InChI=1S/C15H15NO6S/c17-14(16-13(15(18)19)9-23(20,21)22)8-11-6-3-5-10-4-1-2-7-12(10)11/h1-7,13H,8-9H2,(H,16,17)(H,18,19)(H,20,21,22)/t13-/m0/s1. The average molecular weight is 337 g/mol. The maximum Gasteiger partial charge on any atom is 0.327 e. The summed E-state index contributed by atoms with van der Waals surface area (Å²) in [5.74, 6) is -3.25. The van der Waals surface area contributed by atoms with Crippen LogP contribution in [0.3, 0.4) is 0 Å². The Kier molecular flexibility index (Phi) is 4.97. The second-order valence-corrected chi connectivity index (χ2v) is 6.52. The van der Waals surface area contributed by atoms with Gasteiger partial charge in [-0.1, -0.05) is 42.5 Å². The van der Waals surface area contributed by atoms with E-state index in [2.05, 4.69) is 5.32 Å². The molecule has 1 atom stereocenters. The Morgan fingerprint density at radius 1 is 1.09 bits per heavy atom. The molecule has 0 heterocycles. The van der Waals surface area contributed by atoms with Gasteiger partial charge in [-0.15, -0.1) is 0 Å². The molecule has 0 fully saturated rings. The van der Waals surface area contributed by atoms with Crippen LogP contribution in [0.15, 0.2) is 42.5 Å². The van der Waals surface area contributed by atoms with Gasteiger partial charge < -0.3 is 10.4 Å². The zero-order valence-corrected chi connectivity index (χ0v) is 12.8. The van der Waals surface area contributed by atoms with Crippen molar-refractivity contribution in [3.05, 3.63) is 48.0 Å². The van der Waals surface area contributed by atoms with Crippen molar-refractivity contribution in [1.29, 1.82) is 0 Å². The Hall–Kier alpha value is -2.45. The minimum absolute atomic E-state index is 0.101. The van der Waals surface area contributed by atoms with Crippen LogP contribution in [0, 0.1) is 0 Å². The quantitative estimate of drug-likeness (QED) is 0.672. The number of rotatable bonds is 6. The van der Waals surface area contributed by atoms with E-state index in [-0.39, 0.29) is 6.42 Å². The maximum atomic E-state index is 12.0. The fourth-order valence-electron chi connectivity index (χ4n) is 2.25. The van der Waals surface area contributed by atoms with Crippen LogP contribution in [0.25, 0.3) is 10.8 Å². The monoisotopic (exact) mass is 337 g/mol. The van der Waals surface area contributed by atoms with E-state index >= 15 is 0 Å². The smallest absolute Gasteiger partial charge is 0.327 e. The highest BCUT2D eigenvalue weighted by molar-refractivity contribution is 7.85.